The standard InChI is InChI=1S/C79H55N7/c1-78(2)63-34-17-13-30-56(63)59-42-43-69-72(73(59)78)60-33-16-20-37-68(60)86(69)71-47-66(80-74(81-71)50-23-7-4-8-24-50)54-29-21-22-49(44-54)48-79(3)64-35-18-14-31-57(64)61-46-70-62(45-65(61)79)58-32-15-19-36-67(58)85(70)55-40-38-53(39-41-55)77-83-75(51-25-9-5-10-26-51)82-76(84-77)52-27-11-6-12-28-52/h4-47H,48H2,1-3H3. The third-order valence-electron chi connectivity index (χ3n) is 18.4. The molecule has 4 aromatic heterocycles. The van der Waals surface area contributed by atoms with Gasteiger partial charge in [-0.3, -0.25) is 4.57 Å². The highest BCUT2D eigenvalue weighted by Gasteiger charge is 2.41. The molecule has 0 saturated carbocycles. The molecule has 11 aromatic carbocycles. The lowest BCUT2D eigenvalue weighted by Gasteiger charge is -2.28. The molecular weight excluding hydrogens is 1050 g/mol. The monoisotopic (exact) mass is 1100 g/mol. The van der Waals surface area contributed by atoms with Crippen LogP contribution < -0.4 is 0 Å². The van der Waals surface area contributed by atoms with Gasteiger partial charge in [0, 0.05) is 71.9 Å². The van der Waals surface area contributed by atoms with Crippen LogP contribution in [-0.4, -0.2) is 34.1 Å². The fourth-order valence-corrected chi connectivity index (χ4v) is 14.4. The molecule has 7 heteroatoms. The molecule has 1 atom stereocenters. The Morgan fingerprint density at radius 3 is 1.52 bits per heavy atom. The van der Waals surface area contributed by atoms with Crippen LogP contribution in [0.1, 0.15) is 48.6 Å². The first-order chi connectivity index (χ1) is 42.2. The van der Waals surface area contributed by atoms with Crippen molar-refractivity contribution in [3.05, 3.63) is 295 Å². The van der Waals surface area contributed by atoms with Crippen LogP contribution in [0.4, 0.5) is 0 Å². The van der Waals surface area contributed by atoms with Gasteiger partial charge in [0.2, 0.25) is 0 Å². The van der Waals surface area contributed by atoms with Crippen molar-refractivity contribution in [3.63, 3.8) is 0 Å². The molecule has 0 spiro atoms. The number of aromatic nitrogens is 7. The molecule has 17 rings (SSSR count). The van der Waals surface area contributed by atoms with Crippen molar-refractivity contribution in [2.45, 2.75) is 38.0 Å². The maximum absolute atomic E-state index is 5.46. The molecule has 0 bridgehead atoms. The number of fused-ring (bicyclic) bond motifs is 13. The molecule has 4 heterocycles. The number of benzene rings is 11. The molecule has 0 saturated heterocycles. The van der Waals surface area contributed by atoms with Crippen molar-refractivity contribution in [2.24, 2.45) is 0 Å². The largest absolute Gasteiger partial charge is 0.309 e. The fraction of sp³-hybridized carbons (Fsp3) is 0.0759. The third-order valence-corrected chi connectivity index (χ3v) is 18.4. The maximum Gasteiger partial charge on any atom is 0.164 e. The van der Waals surface area contributed by atoms with Crippen LogP contribution in [0, 0.1) is 0 Å². The highest BCUT2D eigenvalue weighted by atomic mass is 15.1. The van der Waals surface area contributed by atoms with Gasteiger partial charge in [0.25, 0.3) is 0 Å². The normalized spacial score (nSPS) is 14.6. The molecule has 406 valence electrons. The van der Waals surface area contributed by atoms with Crippen molar-refractivity contribution in [2.75, 3.05) is 0 Å². The van der Waals surface area contributed by atoms with E-state index in [1.165, 1.54) is 71.6 Å². The summed E-state index contributed by atoms with van der Waals surface area (Å²) in [6.07, 6.45) is 0.783. The van der Waals surface area contributed by atoms with E-state index < -0.39 is 0 Å². The zero-order valence-electron chi connectivity index (χ0n) is 47.7. The number of para-hydroxylation sites is 2. The summed E-state index contributed by atoms with van der Waals surface area (Å²) in [5.41, 5.74) is 22.5. The van der Waals surface area contributed by atoms with Gasteiger partial charge in [0.15, 0.2) is 23.3 Å². The van der Waals surface area contributed by atoms with E-state index in [1.54, 1.807) is 0 Å². The average molecular weight is 1100 g/mol. The predicted octanol–water partition coefficient (Wildman–Crippen LogP) is 19.0. The Hall–Kier alpha value is -10.9. The Balaban J connectivity index is 0.768. The van der Waals surface area contributed by atoms with Gasteiger partial charge in [0.05, 0.1) is 27.8 Å². The summed E-state index contributed by atoms with van der Waals surface area (Å²) in [6.45, 7) is 7.19. The quantitative estimate of drug-likeness (QED) is 0.144. The molecule has 2 aliphatic rings. The lowest BCUT2D eigenvalue weighted by atomic mass is 9.75. The summed E-state index contributed by atoms with van der Waals surface area (Å²) in [7, 11) is 0. The molecule has 2 aliphatic carbocycles. The number of hydrogen-bond acceptors (Lipinski definition) is 5. The van der Waals surface area contributed by atoms with Crippen LogP contribution in [0.5, 0.6) is 0 Å². The lowest BCUT2D eigenvalue weighted by Crippen LogP contribution is -2.24. The van der Waals surface area contributed by atoms with Gasteiger partial charge in [-0.05, 0) is 117 Å². The topological polar surface area (TPSA) is 74.3 Å². The Bertz CT molecular complexity index is 5180. The summed E-state index contributed by atoms with van der Waals surface area (Å²) in [4.78, 5) is 25.9. The van der Waals surface area contributed by atoms with Crippen LogP contribution in [0.25, 0.3) is 134 Å². The van der Waals surface area contributed by atoms with Gasteiger partial charge in [0.1, 0.15) is 5.82 Å². The first-order valence-electron chi connectivity index (χ1n) is 29.6. The number of rotatable bonds is 9. The molecule has 0 aliphatic heterocycles. The van der Waals surface area contributed by atoms with Gasteiger partial charge in [-0.25, -0.2) is 24.9 Å². The molecular formula is C79H55N7. The van der Waals surface area contributed by atoms with Crippen LogP contribution in [0.2, 0.25) is 0 Å². The molecule has 86 heavy (non-hydrogen) atoms. The van der Waals surface area contributed by atoms with Gasteiger partial charge in [-0.2, -0.15) is 0 Å². The van der Waals surface area contributed by atoms with E-state index >= 15 is 0 Å². The van der Waals surface area contributed by atoms with Crippen molar-refractivity contribution < 1.29 is 0 Å². The zero-order valence-corrected chi connectivity index (χ0v) is 47.7. The van der Waals surface area contributed by atoms with Crippen molar-refractivity contribution in [1.29, 1.82) is 0 Å². The molecule has 0 N–H and O–H groups in total. The van der Waals surface area contributed by atoms with E-state index in [0.717, 1.165) is 73.5 Å². The minimum atomic E-state index is -0.353. The fourth-order valence-electron chi connectivity index (χ4n) is 14.4. The average Bonchev–Trinajstić information content (AvgIpc) is 1.59. The molecule has 1 unspecified atom stereocenters. The van der Waals surface area contributed by atoms with E-state index in [-0.39, 0.29) is 10.8 Å². The second kappa shape index (κ2) is 19.1. The molecule has 15 aromatic rings. The Morgan fingerprint density at radius 2 is 0.860 bits per heavy atom. The SMILES string of the molecule is CC1(C)c2ccccc2-c2ccc3c(c21)c1ccccc1n3-c1cc(-c2cccc(CC3(C)c4ccccc4-c4cc5c(cc43)c3ccccc3n5-c3ccc(-c4nc(-c5ccccc5)nc(-c5ccccc5)n4)cc3)c2)nc(-c2ccccc2)n1. The van der Waals surface area contributed by atoms with Gasteiger partial charge in [-0.15, -0.1) is 0 Å². The van der Waals surface area contributed by atoms with Gasteiger partial charge >= 0.3 is 0 Å². The minimum Gasteiger partial charge on any atom is -0.309 e. The predicted molar refractivity (Wildman–Crippen MR) is 351 cm³/mol. The van der Waals surface area contributed by atoms with Crippen LogP contribution in [-0.2, 0) is 17.3 Å². The van der Waals surface area contributed by atoms with E-state index in [4.69, 9.17) is 24.9 Å². The third kappa shape index (κ3) is 7.64. The van der Waals surface area contributed by atoms with Gasteiger partial charge in [-0.1, -0.05) is 221 Å². The smallest absolute Gasteiger partial charge is 0.164 e. The Labute approximate surface area is 498 Å². The number of nitrogens with zero attached hydrogens (tertiary/aromatic N) is 7. The summed E-state index contributed by atoms with van der Waals surface area (Å²) in [5.74, 6) is 3.43. The molecule has 0 radical (unpaired) electrons. The van der Waals surface area contributed by atoms with E-state index in [1.807, 2.05) is 60.7 Å². The van der Waals surface area contributed by atoms with Crippen LogP contribution in [0.15, 0.2) is 267 Å². The van der Waals surface area contributed by atoms with Crippen molar-refractivity contribution in [1.82, 2.24) is 34.1 Å². The van der Waals surface area contributed by atoms with E-state index in [2.05, 4.69) is 236 Å². The first-order valence-corrected chi connectivity index (χ1v) is 29.6. The zero-order chi connectivity index (χ0) is 57.3. The lowest BCUT2D eigenvalue weighted by molar-refractivity contribution is 0.583. The highest BCUT2D eigenvalue weighted by molar-refractivity contribution is 6.15. The maximum atomic E-state index is 5.46. The second-order valence-electron chi connectivity index (χ2n) is 23.8. The van der Waals surface area contributed by atoms with E-state index in [0.29, 0.717) is 23.3 Å². The first kappa shape index (κ1) is 49.7. The Kier molecular flexibility index (Phi) is 11.0. The summed E-state index contributed by atoms with van der Waals surface area (Å²) >= 11 is 0. The molecule has 0 fully saturated rings. The van der Waals surface area contributed by atoms with Crippen LogP contribution >= 0.6 is 0 Å². The van der Waals surface area contributed by atoms with Crippen LogP contribution in [0.3, 0.4) is 0 Å². The molecule has 7 nitrogen and oxygen atoms in total. The second-order valence-corrected chi connectivity index (χ2v) is 23.8. The Morgan fingerprint density at radius 1 is 0.326 bits per heavy atom. The number of hydrogen-bond donors (Lipinski definition) is 0. The summed E-state index contributed by atoms with van der Waals surface area (Å²) < 4.78 is 4.78. The highest BCUT2D eigenvalue weighted by Crippen LogP contribution is 2.55. The van der Waals surface area contributed by atoms with Gasteiger partial charge < -0.3 is 4.57 Å². The minimum absolute atomic E-state index is 0.191. The van der Waals surface area contributed by atoms with Crippen molar-refractivity contribution in [3.8, 4) is 90.6 Å². The summed E-state index contributed by atoms with van der Waals surface area (Å²) in [5, 5.41) is 4.93. The van der Waals surface area contributed by atoms with E-state index in [9.17, 15) is 0 Å². The summed E-state index contributed by atoms with van der Waals surface area (Å²) in [6, 6.07) is 95.8. The van der Waals surface area contributed by atoms with Crippen molar-refractivity contribution >= 4 is 43.6 Å². The molecule has 0 amide bonds.